The zero-order chi connectivity index (χ0) is 14.7. The molecule has 4 nitrogen and oxygen atoms in total. The molecule has 20 heavy (non-hydrogen) atoms. The third-order valence-corrected chi connectivity index (χ3v) is 3.43. The molecule has 0 saturated heterocycles. The molecule has 0 bridgehead atoms. The first-order valence-electron chi connectivity index (χ1n) is 6.48. The number of aromatic nitrogens is 1. The average Bonchev–Trinajstić information content (AvgIpc) is 2.43. The molecule has 1 aromatic heterocycles. The fraction of sp³-hybridized carbons (Fsp3) is 0.333. The predicted molar refractivity (Wildman–Crippen MR) is 80.0 cm³/mol. The van der Waals surface area contributed by atoms with Crippen LogP contribution in [0.15, 0.2) is 30.3 Å². The number of benzene rings is 1. The molecule has 0 saturated carbocycles. The Bertz CT molecular complexity index is 628. The molecule has 0 aliphatic rings. The van der Waals surface area contributed by atoms with E-state index in [-0.39, 0.29) is 5.91 Å². The lowest BCUT2D eigenvalue weighted by Crippen LogP contribution is -2.30. The van der Waals surface area contributed by atoms with Gasteiger partial charge >= 0.3 is 0 Å². The topological polar surface area (TPSA) is 53.4 Å². The molecule has 2 aromatic rings. The first-order chi connectivity index (χ1) is 9.49. The van der Waals surface area contributed by atoms with E-state index in [2.05, 4.69) is 4.98 Å². The van der Waals surface area contributed by atoms with Crippen molar-refractivity contribution in [3.63, 3.8) is 0 Å². The highest BCUT2D eigenvalue weighted by molar-refractivity contribution is 6.34. The molecule has 1 unspecified atom stereocenters. The second-order valence-corrected chi connectivity index (χ2v) is 5.24. The Hall–Kier alpha value is -1.65. The lowest BCUT2D eigenvalue weighted by atomic mass is 10.1. The van der Waals surface area contributed by atoms with Crippen molar-refractivity contribution in [3.8, 4) is 0 Å². The number of hydrogen-bond acceptors (Lipinski definition) is 3. The van der Waals surface area contributed by atoms with Crippen LogP contribution >= 0.6 is 11.6 Å². The van der Waals surface area contributed by atoms with E-state index in [0.29, 0.717) is 23.8 Å². The minimum Gasteiger partial charge on any atom is -0.393 e. The van der Waals surface area contributed by atoms with Crippen molar-refractivity contribution in [2.24, 2.45) is 0 Å². The zero-order valence-electron chi connectivity index (χ0n) is 11.5. The van der Waals surface area contributed by atoms with Crippen LogP contribution < -0.4 is 0 Å². The fourth-order valence-electron chi connectivity index (χ4n) is 1.94. The van der Waals surface area contributed by atoms with E-state index in [4.69, 9.17) is 11.6 Å². The highest BCUT2D eigenvalue weighted by atomic mass is 35.5. The molecule has 0 aliphatic heterocycles. The summed E-state index contributed by atoms with van der Waals surface area (Å²) in [5.74, 6) is -0.196. The van der Waals surface area contributed by atoms with E-state index in [0.717, 1.165) is 10.8 Å². The number of amides is 1. The molecule has 0 aliphatic carbocycles. The Labute approximate surface area is 123 Å². The zero-order valence-corrected chi connectivity index (χ0v) is 12.3. The van der Waals surface area contributed by atoms with Crippen LogP contribution in [0.2, 0.25) is 5.15 Å². The van der Waals surface area contributed by atoms with Gasteiger partial charge in [-0.05, 0) is 24.8 Å². The molecule has 1 amide bonds. The first kappa shape index (κ1) is 14.8. The van der Waals surface area contributed by atoms with Crippen LogP contribution in [-0.4, -0.2) is 40.6 Å². The van der Waals surface area contributed by atoms with Gasteiger partial charge in [0.2, 0.25) is 0 Å². The summed E-state index contributed by atoms with van der Waals surface area (Å²) in [6.45, 7) is 2.17. The summed E-state index contributed by atoms with van der Waals surface area (Å²) in [6, 6.07) is 9.28. The summed E-state index contributed by atoms with van der Waals surface area (Å²) < 4.78 is 0. The first-order valence-corrected chi connectivity index (χ1v) is 6.85. The van der Waals surface area contributed by atoms with Gasteiger partial charge in [-0.1, -0.05) is 35.9 Å². The van der Waals surface area contributed by atoms with Gasteiger partial charge in [-0.25, -0.2) is 4.98 Å². The van der Waals surface area contributed by atoms with Crippen LogP contribution in [0.25, 0.3) is 10.8 Å². The molecule has 0 fully saturated rings. The van der Waals surface area contributed by atoms with E-state index in [1.165, 1.54) is 0 Å². The lowest BCUT2D eigenvalue weighted by molar-refractivity contribution is 0.0763. The molecule has 1 aromatic carbocycles. The Morgan fingerprint density at radius 3 is 2.85 bits per heavy atom. The maximum Gasteiger partial charge on any atom is 0.272 e. The van der Waals surface area contributed by atoms with Crippen molar-refractivity contribution >= 4 is 28.3 Å². The summed E-state index contributed by atoms with van der Waals surface area (Å²) >= 11 is 6.12. The van der Waals surface area contributed by atoms with Crippen molar-refractivity contribution in [1.29, 1.82) is 0 Å². The predicted octanol–water partition coefficient (Wildman–Crippen LogP) is 2.73. The number of halogens is 1. The van der Waals surface area contributed by atoms with Crippen LogP contribution in [0.1, 0.15) is 23.8 Å². The van der Waals surface area contributed by atoms with Crippen LogP contribution in [0.4, 0.5) is 0 Å². The standard InChI is InChI=1S/C15H17ClN2O2/c1-10(19)7-8-18(2)15(20)13-9-11-5-3-4-6-12(11)14(16)17-13/h3-6,9-10,19H,7-8H2,1-2H3. The van der Waals surface area contributed by atoms with Crippen LogP contribution in [-0.2, 0) is 0 Å². The molecule has 106 valence electrons. The Balaban J connectivity index is 2.26. The Morgan fingerprint density at radius 1 is 1.45 bits per heavy atom. The lowest BCUT2D eigenvalue weighted by Gasteiger charge is -2.18. The summed E-state index contributed by atoms with van der Waals surface area (Å²) in [5, 5.41) is 11.3. The van der Waals surface area contributed by atoms with E-state index in [1.807, 2.05) is 24.3 Å². The largest absolute Gasteiger partial charge is 0.393 e. The number of carbonyl (C=O) groups is 1. The Kier molecular flexibility index (Phi) is 4.57. The molecule has 1 N–H and O–H groups in total. The van der Waals surface area contributed by atoms with E-state index < -0.39 is 6.10 Å². The number of aliphatic hydroxyl groups excluding tert-OH is 1. The normalized spacial score (nSPS) is 12.4. The van der Waals surface area contributed by atoms with Gasteiger partial charge in [0.15, 0.2) is 0 Å². The quantitative estimate of drug-likeness (QED) is 0.882. The molecule has 0 radical (unpaired) electrons. The molecule has 1 heterocycles. The minimum absolute atomic E-state index is 0.196. The van der Waals surface area contributed by atoms with Gasteiger partial charge in [0.05, 0.1) is 6.10 Å². The number of hydrogen-bond donors (Lipinski definition) is 1. The van der Waals surface area contributed by atoms with Crippen molar-refractivity contribution < 1.29 is 9.90 Å². The fourth-order valence-corrected chi connectivity index (χ4v) is 2.21. The number of aliphatic hydroxyl groups is 1. The smallest absolute Gasteiger partial charge is 0.272 e. The van der Waals surface area contributed by atoms with Crippen molar-refractivity contribution in [2.75, 3.05) is 13.6 Å². The number of carbonyl (C=O) groups excluding carboxylic acids is 1. The number of fused-ring (bicyclic) bond motifs is 1. The number of nitrogens with zero attached hydrogens (tertiary/aromatic N) is 2. The monoisotopic (exact) mass is 292 g/mol. The van der Waals surface area contributed by atoms with E-state index in [9.17, 15) is 9.90 Å². The van der Waals surface area contributed by atoms with Crippen LogP contribution in [0.5, 0.6) is 0 Å². The molecular weight excluding hydrogens is 276 g/mol. The molecular formula is C15H17ClN2O2. The highest BCUT2D eigenvalue weighted by Crippen LogP contribution is 2.22. The SMILES string of the molecule is CC(O)CCN(C)C(=O)c1cc2ccccc2c(Cl)n1. The summed E-state index contributed by atoms with van der Waals surface area (Å²) in [4.78, 5) is 18.0. The average molecular weight is 293 g/mol. The van der Waals surface area contributed by atoms with Gasteiger partial charge in [0.25, 0.3) is 5.91 Å². The third kappa shape index (κ3) is 3.26. The second kappa shape index (κ2) is 6.20. The third-order valence-electron chi connectivity index (χ3n) is 3.14. The van der Waals surface area contributed by atoms with E-state index >= 15 is 0 Å². The molecule has 0 spiro atoms. The maximum absolute atomic E-state index is 12.3. The molecule has 1 atom stereocenters. The number of pyridine rings is 1. The van der Waals surface area contributed by atoms with Crippen molar-refractivity contribution in [1.82, 2.24) is 9.88 Å². The minimum atomic E-state index is -0.432. The maximum atomic E-state index is 12.3. The molecule has 2 rings (SSSR count). The summed E-state index contributed by atoms with van der Waals surface area (Å²) in [6.07, 6.45) is 0.0993. The summed E-state index contributed by atoms with van der Waals surface area (Å²) in [7, 11) is 1.69. The van der Waals surface area contributed by atoms with Gasteiger partial charge in [-0.15, -0.1) is 0 Å². The van der Waals surface area contributed by atoms with Gasteiger partial charge in [-0.2, -0.15) is 0 Å². The summed E-state index contributed by atoms with van der Waals surface area (Å²) in [5.41, 5.74) is 0.321. The number of rotatable bonds is 4. The van der Waals surface area contributed by atoms with Gasteiger partial charge in [0, 0.05) is 19.0 Å². The van der Waals surface area contributed by atoms with Crippen LogP contribution in [0.3, 0.4) is 0 Å². The highest BCUT2D eigenvalue weighted by Gasteiger charge is 2.15. The van der Waals surface area contributed by atoms with E-state index in [1.54, 1.807) is 24.9 Å². The second-order valence-electron chi connectivity index (χ2n) is 4.88. The van der Waals surface area contributed by atoms with Gasteiger partial charge < -0.3 is 10.0 Å². The molecule has 5 heteroatoms. The van der Waals surface area contributed by atoms with Crippen LogP contribution in [0, 0.1) is 0 Å². The van der Waals surface area contributed by atoms with Crippen molar-refractivity contribution in [3.05, 3.63) is 41.2 Å². The van der Waals surface area contributed by atoms with Gasteiger partial charge in [0.1, 0.15) is 10.8 Å². The Morgan fingerprint density at radius 2 is 2.15 bits per heavy atom. The van der Waals surface area contributed by atoms with Gasteiger partial charge in [-0.3, -0.25) is 4.79 Å². The van der Waals surface area contributed by atoms with Crippen molar-refractivity contribution in [2.45, 2.75) is 19.4 Å².